The summed E-state index contributed by atoms with van der Waals surface area (Å²) >= 11 is 0. The molecule has 2 heterocycles. The summed E-state index contributed by atoms with van der Waals surface area (Å²) in [6.07, 6.45) is 8.80. The van der Waals surface area contributed by atoms with Crippen LogP contribution in [0.3, 0.4) is 0 Å². The van der Waals surface area contributed by atoms with Gasteiger partial charge in [0, 0.05) is 6.20 Å². The van der Waals surface area contributed by atoms with E-state index in [1.54, 1.807) is 12.4 Å². The Kier molecular flexibility index (Phi) is 9.46. The van der Waals surface area contributed by atoms with E-state index < -0.39 is 0 Å². The minimum atomic E-state index is 0.808. The zero-order chi connectivity index (χ0) is 17.8. The second-order valence-corrected chi connectivity index (χ2v) is 5.77. The molecule has 0 saturated heterocycles. The van der Waals surface area contributed by atoms with Gasteiger partial charge in [0.2, 0.25) is 0 Å². The first kappa shape index (κ1) is 19.9. The van der Waals surface area contributed by atoms with E-state index in [1.165, 1.54) is 25.9 Å². The molecule has 0 spiro atoms. The fourth-order valence-electron chi connectivity index (χ4n) is 2.39. The first-order valence-corrected chi connectivity index (χ1v) is 8.69. The molecule has 5 heteroatoms. The molecule has 5 nitrogen and oxygen atoms in total. The van der Waals surface area contributed by atoms with Crippen molar-refractivity contribution < 1.29 is 0 Å². The normalized spacial score (nSPS) is 10.2. The van der Waals surface area contributed by atoms with Crippen molar-refractivity contribution in [1.82, 2.24) is 20.1 Å². The monoisotopic (exact) mass is 329 g/mol. The summed E-state index contributed by atoms with van der Waals surface area (Å²) in [5, 5.41) is 10.1. The van der Waals surface area contributed by atoms with E-state index in [1.807, 2.05) is 18.3 Å². The highest BCUT2D eigenvalue weighted by atomic mass is 15.1. The average Bonchev–Trinajstić information content (AvgIpc) is 3.06. The van der Waals surface area contributed by atoms with E-state index in [0.717, 1.165) is 29.1 Å². The van der Waals surface area contributed by atoms with Gasteiger partial charge in [-0.1, -0.05) is 27.4 Å². The molecule has 0 bridgehead atoms. The van der Waals surface area contributed by atoms with Crippen molar-refractivity contribution in [2.45, 2.75) is 40.0 Å². The molecular formula is C19H31N5. The molecule has 0 radical (unpaired) electrons. The summed E-state index contributed by atoms with van der Waals surface area (Å²) in [6, 6.07) is 3.82. The fraction of sp³-hybridized carbons (Fsp3) is 0.474. The Morgan fingerprint density at radius 1 is 1.21 bits per heavy atom. The number of hydrogen-bond donors (Lipinski definition) is 2. The molecule has 0 fully saturated rings. The quantitative estimate of drug-likeness (QED) is 0.762. The topological polar surface area (TPSA) is 56.8 Å². The lowest BCUT2D eigenvalue weighted by molar-refractivity contribution is 0.335. The van der Waals surface area contributed by atoms with Gasteiger partial charge in [-0.3, -0.25) is 10.1 Å². The molecule has 0 atom stereocenters. The third-order valence-electron chi connectivity index (χ3n) is 3.57. The number of aryl methyl sites for hydroxylation is 1. The third kappa shape index (κ3) is 6.96. The second-order valence-electron chi connectivity index (χ2n) is 5.77. The lowest BCUT2D eigenvalue weighted by atomic mass is 10.1. The van der Waals surface area contributed by atoms with E-state index in [9.17, 15) is 0 Å². The summed E-state index contributed by atoms with van der Waals surface area (Å²) in [7, 11) is 2.17. The van der Waals surface area contributed by atoms with Crippen LogP contribution in [-0.4, -0.2) is 40.2 Å². The van der Waals surface area contributed by atoms with Crippen LogP contribution in [0.1, 0.15) is 44.9 Å². The number of anilines is 1. The van der Waals surface area contributed by atoms with Crippen molar-refractivity contribution in [1.29, 1.82) is 0 Å². The smallest absolute Gasteiger partial charge is 0.0838 e. The number of pyridine rings is 1. The molecule has 0 aliphatic heterocycles. The predicted molar refractivity (Wildman–Crippen MR) is 103 cm³/mol. The van der Waals surface area contributed by atoms with E-state index in [2.05, 4.69) is 59.8 Å². The van der Waals surface area contributed by atoms with Gasteiger partial charge in [-0.2, -0.15) is 5.10 Å². The van der Waals surface area contributed by atoms with Gasteiger partial charge in [-0.25, -0.2) is 0 Å². The fourth-order valence-corrected chi connectivity index (χ4v) is 2.39. The summed E-state index contributed by atoms with van der Waals surface area (Å²) in [5.41, 5.74) is 3.83. The lowest BCUT2D eigenvalue weighted by Crippen LogP contribution is -2.19. The highest BCUT2D eigenvalue weighted by molar-refractivity contribution is 5.74. The molecule has 0 amide bonds. The number of aromatic nitrogens is 3. The van der Waals surface area contributed by atoms with Gasteiger partial charge in [0.15, 0.2) is 0 Å². The van der Waals surface area contributed by atoms with Crippen LogP contribution in [0.2, 0.25) is 0 Å². The molecule has 24 heavy (non-hydrogen) atoms. The predicted octanol–water partition coefficient (Wildman–Crippen LogP) is 4.19. The van der Waals surface area contributed by atoms with Crippen molar-refractivity contribution in [3.05, 3.63) is 48.6 Å². The molecule has 2 rings (SSSR count). The molecular weight excluding hydrogens is 298 g/mol. The number of H-pyrrole nitrogens is 1. The molecule has 2 aromatic rings. The lowest BCUT2D eigenvalue weighted by Gasteiger charge is -2.12. The number of aromatic amines is 1. The van der Waals surface area contributed by atoms with Crippen LogP contribution < -0.4 is 5.32 Å². The molecule has 0 aromatic carbocycles. The molecule has 2 aromatic heterocycles. The van der Waals surface area contributed by atoms with Crippen LogP contribution in [0.5, 0.6) is 0 Å². The standard InChI is InChI=1S/C12H14N4.C7H17N/c1-3-10-7-14-16-12(10)9(2)15-11-5-4-6-13-8-11;1-4-6-8(3)7-5-2/h4-8,15H,2-3H2,1H3,(H,14,16);4-7H2,1-3H3. The minimum Gasteiger partial charge on any atom is -0.353 e. The van der Waals surface area contributed by atoms with Gasteiger partial charge in [0.25, 0.3) is 0 Å². The molecule has 0 unspecified atom stereocenters. The van der Waals surface area contributed by atoms with Crippen molar-refractivity contribution in [2.24, 2.45) is 0 Å². The van der Waals surface area contributed by atoms with Crippen molar-refractivity contribution in [3.8, 4) is 0 Å². The number of rotatable bonds is 8. The number of nitrogens with one attached hydrogen (secondary N) is 2. The number of hydrogen-bond acceptors (Lipinski definition) is 4. The Bertz CT molecular complexity index is 570. The first-order valence-electron chi connectivity index (χ1n) is 8.69. The summed E-state index contributed by atoms with van der Waals surface area (Å²) in [6.45, 7) is 13.0. The Morgan fingerprint density at radius 3 is 2.46 bits per heavy atom. The molecule has 0 aliphatic carbocycles. The Hall–Kier alpha value is -2.14. The van der Waals surface area contributed by atoms with E-state index in [0.29, 0.717) is 0 Å². The van der Waals surface area contributed by atoms with Crippen molar-refractivity contribution >= 4 is 11.4 Å². The van der Waals surface area contributed by atoms with Crippen LogP contribution in [-0.2, 0) is 6.42 Å². The van der Waals surface area contributed by atoms with Gasteiger partial charge in [0.05, 0.1) is 29.5 Å². The van der Waals surface area contributed by atoms with Crippen LogP contribution >= 0.6 is 0 Å². The van der Waals surface area contributed by atoms with E-state index >= 15 is 0 Å². The molecule has 0 saturated carbocycles. The summed E-state index contributed by atoms with van der Waals surface area (Å²) in [4.78, 5) is 6.39. The zero-order valence-corrected chi connectivity index (χ0v) is 15.5. The average molecular weight is 329 g/mol. The van der Waals surface area contributed by atoms with E-state index in [4.69, 9.17) is 0 Å². The summed E-state index contributed by atoms with van der Waals surface area (Å²) in [5.74, 6) is 0. The minimum absolute atomic E-state index is 0.808. The third-order valence-corrected chi connectivity index (χ3v) is 3.57. The summed E-state index contributed by atoms with van der Waals surface area (Å²) < 4.78 is 0. The van der Waals surface area contributed by atoms with Gasteiger partial charge in [0.1, 0.15) is 0 Å². The van der Waals surface area contributed by atoms with Crippen LogP contribution in [0, 0.1) is 0 Å². The zero-order valence-electron chi connectivity index (χ0n) is 15.5. The Balaban J connectivity index is 0.000000307. The highest BCUT2D eigenvalue weighted by Gasteiger charge is 2.06. The van der Waals surface area contributed by atoms with Crippen LogP contribution in [0.4, 0.5) is 5.69 Å². The van der Waals surface area contributed by atoms with Crippen LogP contribution in [0.25, 0.3) is 5.70 Å². The number of nitrogens with zero attached hydrogens (tertiary/aromatic N) is 3. The highest BCUT2D eigenvalue weighted by Crippen LogP contribution is 2.17. The van der Waals surface area contributed by atoms with Gasteiger partial charge in [-0.05, 0) is 57.1 Å². The second kappa shape index (κ2) is 11.4. The Labute approximate surface area is 146 Å². The SMILES string of the molecule is C=C(Nc1cccnc1)c1[nH]ncc1CC.CCCN(C)CCC. The van der Waals surface area contributed by atoms with Crippen molar-refractivity contribution in [2.75, 3.05) is 25.5 Å². The largest absolute Gasteiger partial charge is 0.353 e. The van der Waals surface area contributed by atoms with Gasteiger partial charge in [-0.15, -0.1) is 0 Å². The molecule has 132 valence electrons. The molecule has 0 aliphatic rings. The van der Waals surface area contributed by atoms with Crippen LogP contribution in [0.15, 0.2) is 37.3 Å². The van der Waals surface area contributed by atoms with Gasteiger partial charge >= 0.3 is 0 Å². The maximum Gasteiger partial charge on any atom is 0.0838 e. The van der Waals surface area contributed by atoms with Crippen molar-refractivity contribution in [3.63, 3.8) is 0 Å². The van der Waals surface area contributed by atoms with Gasteiger partial charge < -0.3 is 10.2 Å². The maximum atomic E-state index is 4.03. The maximum absolute atomic E-state index is 4.03. The first-order chi connectivity index (χ1) is 11.6. The molecule has 2 N–H and O–H groups in total. The Morgan fingerprint density at radius 2 is 1.92 bits per heavy atom. The van der Waals surface area contributed by atoms with E-state index in [-0.39, 0.29) is 0 Å².